The molecule has 1 aliphatic rings. The molecule has 5 heteroatoms. The maximum Gasteiger partial charge on any atom is 0.410 e. The number of amides is 1. The lowest BCUT2D eigenvalue weighted by Gasteiger charge is -2.39. The summed E-state index contributed by atoms with van der Waals surface area (Å²) in [6, 6.07) is 10.2. The molecule has 0 saturated carbocycles. The molecule has 0 aromatic heterocycles. The Bertz CT molecular complexity index is 470. The van der Waals surface area contributed by atoms with Crippen molar-refractivity contribution in [2.75, 3.05) is 26.2 Å². The first-order valence-corrected chi connectivity index (χ1v) is 8.53. The smallest absolute Gasteiger partial charge is 0.410 e. The Morgan fingerprint density at radius 1 is 1.30 bits per heavy atom. The lowest BCUT2D eigenvalue weighted by Crippen LogP contribution is -2.50. The zero-order valence-corrected chi connectivity index (χ0v) is 14.3. The Balaban J connectivity index is 1.89. The molecule has 1 aromatic rings. The molecule has 0 bridgehead atoms. The largest absolute Gasteiger partial charge is 0.445 e. The van der Waals surface area contributed by atoms with Crippen molar-refractivity contribution >= 4 is 6.09 Å². The van der Waals surface area contributed by atoms with Crippen molar-refractivity contribution in [3.8, 4) is 0 Å². The number of rotatable bonds is 6. The van der Waals surface area contributed by atoms with E-state index in [4.69, 9.17) is 10.5 Å². The van der Waals surface area contributed by atoms with Gasteiger partial charge < -0.3 is 20.3 Å². The number of carbonyl (C=O) groups is 1. The van der Waals surface area contributed by atoms with E-state index in [9.17, 15) is 4.79 Å². The van der Waals surface area contributed by atoms with Gasteiger partial charge in [0.15, 0.2) is 0 Å². The molecule has 2 N–H and O–H groups in total. The van der Waals surface area contributed by atoms with Gasteiger partial charge in [-0.1, -0.05) is 30.3 Å². The number of benzene rings is 1. The molecule has 1 saturated heterocycles. The van der Waals surface area contributed by atoms with Crippen LogP contribution in [0.2, 0.25) is 0 Å². The summed E-state index contributed by atoms with van der Waals surface area (Å²) >= 11 is 0. The fraction of sp³-hybridized carbons (Fsp3) is 0.611. The third kappa shape index (κ3) is 5.22. The van der Waals surface area contributed by atoms with Gasteiger partial charge in [-0.25, -0.2) is 4.79 Å². The lowest BCUT2D eigenvalue weighted by atomic mass is 10.0. The Kier molecular flexibility index (Phi) is 6.86. The number of nitrogens with zero attached hydrogens (tertiary/aromatic N) is 2. The highest BCUT2D eigenvalue weighted by Gasteiger charge is 2.30. The summed E-state index contributed by atoms with van der Waals surface area (Å²) in [6.45, 7) is 8.06. The highest BCUT2D eigenvalue weighted by atomic mass is 16.6. The normalized spacial score (nSPS) is 16.5. The molecule has 1 aromatic carbocycles. The maximum atomic E-state index is 12.5. The van der Waals surface area contributed by atoms with Crippen LogP contribution in [0, 0.1) is 0 Å². The molecule has 0 spiro atoms. The summed E-state index contributed by atoms with van der Waals surface area (Å²) in [5.41, 5.74) is 6.63. The first-order chi connectivity index (χ1) is 11.1. The van der Waals surface area contributed by atoms with Crippen LogP contribution in [-0.2, 0) is 11.3 Å². The average Bonchev–Trinajstić information content (AvgIpc) is 2.56. The van der Waals surface area contributed by atoms with Crippen molar-refractivity contribution in [2.45, 2.75) is 45.4 Å². The van der Waals surface area contributed by atoms with Gasteiger partial charge in [0.2, 0.25) is 0 Å². The zero-order chi connectivity index (χ0) is 16.7. The van der Waals surface area contributed by atoms with Crippen molar-refractivity contribution < 1.29 is 9.53 Å². The fourth-order valence-corrected chi connectivity index (χ4v) is 3.18. The molecule has 2 rings (SSSR count). The molecule has 1 aliphatic heterocycles. The molecule has 128 valence electrons. The van der Waals surface area contributed by atoms with Gasteiger partial charge in [0.05, 0.1) is 0 Å². The van der Waals surface area contributed by atoms with Gasteiger partial charge in [-0.05, 0) is 32.3 Å². The van der Waals surface area contributed by atoms with E-state index < -0.39 is 0 Å². The fourth-order valence-electron chi connectivity index (χ4n) is 3.18. The number of nitrogens with two attached hydrogens (primary N) is 1. The van der Waals surface area contributed by atoms with Crippen LogP contribution < -0.4 is 5.73 Å². The first kappa shape index (κ1) is 17.8. The van der Waals surface area contributed by atoms with Crippen LogP contribution in [0.4, 0.5) is 4.79 Å². The highest BCUT2D eigenvalue weighted by molar-refractivity contribution is 5.68. The van der Waals surface area contributed by atoms with Crippen molar-refractivity contribution in [1.29, 1.82) is 0 Å². The zero-order valence-electron chi connectivity index (χ0n) is 14.3. The third-order valence-corrected chi connectivity index (χ3v) is 4.37. The van der Waals surface area contributed by atoms with Crippen LogP contribution >= 0.6 is 0 Å². The molecule has 0 aliphatic carbocycles. The summed E-state index contributed by atoms with van der Waals surface area (Å²) in [5.74, 6) is 0. The molecular weight excluding hydrogens is 290 g/mol. The number of likely N-dealkylation sites (tertiary alicyclic amines) is 1. The molecule has 0 unspecified atom stereocenters. The quantitative estimate of drug-likeness (QED) is 0.875. The summed E-state index contributed by atoms with van der Waals surface area (Å²) in [4.78, 5) is 16.8. The molecule has 0 atom stereocenters. The van der Waals surface area contributed by atoms with Crippen LogP contribution in [0.1, 0.15) is 32.3 Å². The second kappa shape index (κ2) is 8.89. The Hall–Kier alpha value is -1.59. The van der Waals surface area contributed by atoms with Crippen LogP contribution in [-0.4, -0.2) is 54.2 Å². The van der Waals surface area contributed by atoms with E-state index >= 15 is 0 Å². The molecule has 5 nitrogen and oxygen atoms in total. The number of hydrogen-bond acceptors (Lipinski definition) is 4. The predicted octanol–water partition coefficient (Wildman–Crippen LogP) is 2.46. The van der Waals surface area contributed by atoms with E-state index in [1.165, 1.54) is 0 Å². The minimum Gasteiger partial charge on any atom is -0.445 e. The summed E-state index contributed by atoms with van der Waals surface area (Å²) in [5, 5.41) is 0. The van der Waals surface area contributed by atoms with Gasteiger partial charge in [0.1, 0.15) is 6.61 Å². The van der Waals surface area contributed by atoms with E-state index in [-0.39, 0.29) is 18.2 Å². The topological polar surface area (TPSA) is 58.8 Å². The van der Waals surface area contributed by atoms with Gasteiger partial charge in [-0.15, -0.1) is 0 Å². The monoisotopic (exact) mass is 319 g/mol. The first-order valence-electron chi connectivity index (χ1n) is 8.53. The molecule has 1 fully saturated rings. The van der Waals surface area contributed by atoms with Gasteiger partial charge in [-0.3, -0.25) is 0 Å². The number of piperidine rings is 1. The molecule has 0 radical (unpaired) electrons. The van der Waals surface area contributed by atoms with Gasteiger partial charge in [-0.2, -0.15) is 0 Å². The molecular formula is C18H29N3O2. The third-order valence-electron chi connectivity index (χ3n) is 4.37. The highest BCUT2D eigenvalue weighted by Crippen LogP contribution is 2.20. The van der Waals surface area contributed by atoms with Crippen molar-refractivity contribution in [3.05, 3.63) is 35.9 Å². The summed E-state index contributed by atoms with van der Waals surface area (Å²) in [7, 11) is 0. The predicted molar refractivity (Wildman–Crippen MR) is 92.1 cm³/mol. The maximum absolute atomic E-state index is 12.5. The van der Waals surface area contributed by atoms with E-state index in [1.807, 2.05) is 35.2 Å². The molecule has 23 heavy (non-hydrogen) atoms. The summed E-state index contributed by atoms with van der Waals surface area (Å²) < 4.78 is 5.53. The van der Waals surface area contributed by atoms with Gasteiger partial charge >= 0.3 is 6.09 Å². The summed E-state index contributed by atoms with van der Waals surface area (Å²) in [6.07, 6.45) is 1.76. The van der Waals surface area contributed by atoms with Gasteiger partial charge in [0, 0.05) is 38.3 Å². The molecule has 1 heterocycles. The standard InChI is InChI=1S/C18H29N3O2/c1-15(2)21(17-8-11-20(12-9-17)13-10-19)18(22)23-14-16-6-4-3-5-7-16/h3-7,15,17H,8-14,19H2,1-2H3. The van der Waals surface area contributed by atoms with E-state index in [1.54, 1.807) is 0 Å². The Morgan fingerprint density at radius 2 is 1.96 bits per heavy atom. The van der Waals surface area contributed by atoms with E-state index in [2.05, 4.69) is 18.7 Å². The Morgan fingerprint density at radius 3 is 2.52 bits per heavy atom. The second-order valence-corrected chi connectivity index (χ2v) is 6.40. The van der Waals surface area contributed by atoms with Crippen molar-refractivity contribution in [1.82, 2.24) is 9.80 Å². The van der Waals surface area contributed by atoms with Crippen molar-refractivity contribution in [3.63, 3.8) is 0 Å². The second-order valence-electron chi connectivity index (χ2n) is 6.40. The van der Waals surface area contributed by atoms with Gasteiger partial charge in [0.25, 0.3) is 0 Å². The number of ether oxygens (including phenoxy) is 1. The Labute approximate surface area is 139 Å². The van der Waals surface area contributed by atoms with Crippen LogP contribution in [0.15, 0.2) is 30.3 Å². The van der Waals surface area contributed by atoms with Crippen LogP contribution in [0.25, 0.3) is 0 Å². The van der Waals surface area contributed by atoms with Crippen LogP contribution in [0.5, 0.6) is 0 Å². The minimum absolute atomic E-state index is 0.143. The SMILES string of the molecule is CC(C)N(C(=O)OCc1ccccc1)C1CCN(CCN)CC1. The lowest BCUT2D eigenvalue weighted by molar-refractivity contribution is 0.0475. The molecule has 1 amide bonds. The van der Waals surface area contributed by atoms with Crippen LogP contribution in [0.3, 0.4) is 0 Å². The van der Waals surface area contributed by atoms with Crippen molar-refractivity contribution in [2.24, 2.45) is 5.73 Å². The number of hydrogen-bond donors (Lipinski definition) is 1. The average molecular weight is 319 g/mol. The number of carbonyl (C=O) groups excluding carboxylic acids is 1. The van der Waals surface area contributed by atoms with E-state index in [0.717, 1.165) is 38.0 Å². The van der Waals surface area contributed by atoms with E-state index in [0.29, 0.717) is 13.2 Å². The minimum atomic E-state index is -0.207.